The number of carbonyl (C=O) groups excluding carboxylic acids is 1. The number of ether oxygens (including phenoxy) is 2. The molecule has 0 saturated carbocycles. The molecule has 3 heteroatoms. The highest BCUT2D eigenvalue weighted by atomic mass is 16.5. The van der Waals surface area contributed by atoms with Crippen LogP contribution in [0.25, 0.3) is 0 Å². The van der Waals surface area contributed by atoms with E-state index in [0.29, 0.717) is 5.57 Å². The summed E-state index contributed by atoms with van der Waals surface area (Å²) in [5.74, 6) is -0.414. The summed E-state index contributed by atoms with van der Waals surface area (Å²) in [5.41, 5.74) is 0.999. The third-order valence-corrected chi connectivity index (χ3v) is 2.18. The Labute approximate surface area is 108 Å². The fourth-order valence-electron chi connectivity index (χ4n) is 1.19. The first-order valence-corrected chi connectivity index (χ1v) is 5.91. The molecule has 0 fully saturated rings. The summed E-state index contributed by atoms with van der Waals surface area (Å²) < 4.78 is 10.6. The fourth-order valence-corrected chi connectivity index (χ4v) is 1.19. The van der Waals surface area contributed by atoms with Crippen molar-refractivity contribution in [2.75, 3.05) is 6.61 Å². The van der Waals surface area contributed by atoms with Crippen LogP contribution in [0.4, 0.5) is 0 Å². The lowest BCUT2D eigenvalue weighted by Crippen LogP contribution is -2.22. The molecule has 0 unspecified atom stereocenters. The molecular weight excluding hydrogens is 228 g/mol. The van der Waals surface area contributed by atoms with E-state index in [2.05, 4.69) is 6.58 Å². The SMILES string of the molecule is C=C(COC(C)(C)C)C(=O)OCc1ccccc1. The first-order chi connectivity index (χ1) is 8.38. The largest absolute Gasteiger partial charge is 0.457 e. The minimum absolute atomic E-state index is 0.192. The topological polar surface area (TPSA) is 35.5 Å². The summed E-state index contributed by atoms with van der Waals surface area (Å²) in [7, 11) is 0. The van der Waals surface area contributed by atoms with E-state index in [4.69, 9.17) is 9.47 Å². The van der Waals surface area contributed by atoms with Crippen LogP contribution in [0.5, 0.6) is 0 Å². The van der Waals surface area contributed by atoms with Crippen LogP contribution in [0, 0.1) is 0 Å². The zero-order valence-electron chi connectivity index (χ0n) is 11.2. The number of carbonyl (C=O) groups is 1. The van der Waals surface area contributed by atoms with Crippen molar-refractivity contribution in [3.8, 4) is 0 Å². The maximum absolute atomic E-state index is 11.6. The molecule has 0 aliphatic heterocycles. The maximum atomic E-state index is 11.6. The molecule has 0 N–H and O–H groups in total. The molecule has 1 rings (SSSR count). The second kappa shape index (κ2) is 6.36. The highest BCUT2D eigenvalue weighted by Gasteiger charge is 2.14. The number of hydrogen-bond donors (Lipinski definition) is 0. The fraction of sp³-hybridized carbons (Fsp3) is 0.400. The van der Waals surface area contributed by atoms with Crippen LogP contribution >= 0.6 is 0 Å². The number of hydrogen-bond acceptors (Lipinski definition) is 3. The van der Waals surface area contributed by atoms with Gasteiger partial charge in [0, 0.05) is 0 Å². The molecule has 1 aromatic carbocycles. The summed E-state index contributed by atoms with van der Waals surface area (Å²) in [6.45, 7) is 9.90. The van der Waals surface area contributed by atoms with Gasteiger partial charge in [-0.2, -0.15) is 0 Å². The van der Waals surface area contributed by atoms with Gasteiger partial charge in [-0.25, -0.2) is 4.79 Å². The van der Waals surface area contributed by atoms with Crippen molar-refractivity contribution in [1.29, 1.82) is 0 Å². The zero-order chi connectivity index (χ0) is 13.6. The van der Waals surface area contributed by atoms with Crippen LogP contribution in [0.15, 0.2) is 42.5 Å². The van der Waals surface area contributed by atoms with Gasteiger partial charge in [0.15, 0.2) is 0 Å². The van der Waals surface area contributed by atoms with Crippen LogP contribution < -0.4 is 0 Å². The highest BCUT2D eigenvalue weighted by Crippen LogP contribution is 2.10. The van der Waals surface area contributed by atoms with Gasteiger partial charge >= 0.3 is 5.97 Å². The monoisotopic (exact) mass is 248 g/mol. The molecule has 0 saturated heterocycles. The Bertz CT molecular complexity index is 401. The molecule has 1 aromatic rings. The minimum Gasteiger partial charge on any atom is -0.457 e. The Hall–Kier alpha value is -1.61. The van der Waals surface area contributed by atoms with Crippen molar-refractivity contribution in [3.05, 3.63) is 48.0 Å². The van der Waals surface area contributed by atoms with E-state index in [-0.39, 0.29) is 18.8 Å². The maximum Gasteiger partial charge on any atom is 0.336 e. The third-order valence-electron chi connectivity index (χ3n) is 2.18. The first-order valence-electron chi connectivity index (χ1n) is 5.91. The van der Waals surface area contributed by atoms with Crippen molar-refractivity contribution < 1.29 is 14.3 Å². The van der Waals surface area contributed by atoms with Crippen molar-refractivity contribution in [1.82, 2.24) is 0 Å². The van der Waals surface area contributed by atoms with E-state index in [9.17, 15) is 4.79 Å². The molecule has 0 spiro atoms. The van der Waals surface area contributed by atoms with Gasteiger partial charge < -0.3 is 9.47 Å². The van der Waals surface area contributed by atoms with E-state index in [0.717, 1.165) is 5.56 Å². The van der Waals surface area contributed by atoms with Crippen molar-refractivity contribution in [2.45, 2.75) is 33.0 Å². The van der Waals surface area contributed by atoms with Crippen LogP contribution in [0.3, 0.4) is 0 Å². The predicted molar refractivity (Wildman–Crippen MR) is 71.1 cm³/mol. The zero-order valence-corrected chi connectivity index (χ0v) is 11.2. The van der Waals surface area contributed by atoms with E-state index in [1.807, 2.05) is 51.1 Å². The summed E-state index contributed by atoms with van der Waals surface area (Å²) in [5, 5.41) is 0. The van der Waals surface area contributed by atoms with Gasteiger partial charge in [-0.05, 0) is 26.3 Å². The molecule has 3 nitrogen and oxygen atoms in total. The van der Waals surface area contributed by atoms with Crippen molar-refractivity contribution in [3.63, 3.8) is 0 Å². The summed E-state index contributed by atoms with van der Waals surface area (Å²) in [6.07, 6.45) is 0. The minimum atomic E-state index is -0.414. The summed E-state index contributed by atoms with van der Waals surface area (Å²) in [6, 6.07) is 9.53. The summed E-state index contributed by atoms with van der Waals surface area (Å²) >= 11 is 0. The van der Waals surface area contributed by atoms with E-state index >= 15 is 0 Å². The molecule has 18 heavy (non-hydrogen) atoms. The van der Waals surface area contributed by atoms with Crippen molar-refractivity contribution >= 4 is 5.97 Å². The number of benzene rings is 1. The average molecular weight is 248 g/mol. The smallest absolute Gasteiger partial charge is 0.336 e. The number of rotatable bonds is 5. The molecule has 0 aliphatic rings. The second-order valence-electron chi connectivity index (χ2n) is 5.07. The normalized spacial score (nSPS) is 11.1. The molecule has 0 amide bonds. The Morgan fingerprint density at radius 1 is 1.22 bits per heavy atom. The first kappa shape index (κ1) is 14.5. The lowest BCUT2D eigenvalue weighted by Gasteiger charge is -2.19. The predicted octanol–water partition coefficient (Wildman–Crippen LogP) is 3.10. The van der Waals surface area contributed by atoms with E-state index in [1.54, 1.807) is 0 Å². The van der Waals surface area contributed by atoms with Crippen LogP contribution in [-0.4, -0.2) is 18.2 Å². The van der Waals surface area contributed by atoms with Gasteiger partial charge in [0.05, 0.1) is 17.8 Å². The lowest BCUT2D eigenvalue weighted by atomic mass is 10.2. The molecule has 0 aromatic heterocycles. The Morgan fingerprint density at radius 3 is 2.39 bits per heavy atom. The second-order valence-corrected chi connectivity index (χ2v) is 5.07. The molecule has 98 valence electrons. The Balaban J connectivity index is 2.35. The van der Waals surface area contributed by atoms with Gasteiger partial charge in [-0.3, -0.25) is 0 Å². The van der Waals surface area contributed by atoms with Crippen LogP contribution in [0.2, 0.25) is 0 Å². The average Bonchev–Trinajstić information content (AvgIpc) is 2.33. The lowest BCUT2D eigenvalue weighted by molar-refractivity contribution is -0.141. The molecule has 0 atom stereocenters. The van der Waals surface area contributed by atoms with E-state index in [1.165, 1.54) is 0 Å². The van der Waals surface area contributed by atoms with Gasteiger partial charge in [0.2, 0.25) is 0 Å². The van der Waals surface area contributed by atoms with Crippen LogP contribution in [0.1, 0.15) is 26.3 Å². The standard InChI is InChI=1S/C15H20O3/c1-12(10-18-15(2,3)4)14(16)17-11-13-8-6-5-7-9-13/h5-9H,1,10-11H2,2-4H3. The van der Waals surface area contributed by atoms with Crippen LogP contribution in [-0.2, 0) is 20.9 Å². The third kappa shape index (κ3) is 5.64. The quantitative estimate of drug-likeness (QED) is 0.593. The van der Waals surface area contributed by atoms with Gasteiger partial charge in [-0.1, -0.05) is 36.9 Å². The molecule has 0 radical (unpaired) electrons. The molecular formula is C15H20O3. The molecule has 0 bridgehead atoms. The Kier molecular flexibility index (Phi) is 5.10. The molecule has 0 heterocycles. The van der Waals surface area contributed by atoms with Gasteiger partial charge in [-0.15, -0.1) is 0 Å². The molecule has 0 aliphatic carbocycles. The highest BCUT2D eigenvalue weighted by molar-refractivity contribution is 5.87. The van der Waals surface area contributed by atoms with E-state index < -0.39 is 5.97 Å². The van der Waals surface area contributed by atoms with Gasteiger partial charge in [0.25, 0.3) is 0 Å². The Morgan fingerprint density at radius 2 is 1.83 bits per heavy atom. The van der Waals surface area contributed by atoms with Gasteiger partial charge in [0.1, 0.15) is 6.61 Å². The van der Waals surface area contributed by atoms with Crippen molar-refractivity contribution in [2.24, 2.45) is 0 Å². The summed E-state index contributed by atoms with van der Waals surface area (Å²) in [4.78, 5) is 11.6. The number of esters is 1.